The summed E-state index contributed by atoms with van der Waals surface area (Å²) in [5.74, 6) is 0.255. The van der Waals surface area contributed by atoms with Crippen molar-refractivity contribution in [2.45, 2.75) is 25.7 Å². The zero-order valence-corrected chi connectivity index (χ0v) is 32.3. The average Bonchev–Trinajstić information content (AvgIpc) is 3.78. The van der Waals surface area contributed by atoms with Crippen molar-refractivity contribution in [2.75, 3.05) is 0 Å². The van der Waals surface area contributed by atoms with Crippen LogP contribution in [0.15, 0.2) is 176 Å². The van der Waals surface area contributed by atoms with Gasteiger partial charge in [0.25, 0.3) is 0 Å². The van der Waals surface area contributed by atoms with Crippen LogP contribution < -0.4 is 10.4 Å². The molecular weight excluding hydrogens is 699 g/mol. The number of benzene rings is 9. The molecule has 2 atom stereocenters. The van der Waals surface area contributed by atoms with Crippen LogP contribution >= 0.6 is 0 Å². The van der Waals surface area contributed by atoms with Gasteiger partial charge in [0.15, 0.2) is 0 Å². The van der Waals surface area contributed by atoms with Crippen molar-refractivity contribution in [3.63, 3.8) is 0 Å². The van der Waals surface area contributed by atoms with E-state index < -0.39 is 0 Å². The number of nitriles is 1. The molecule has 0 aromatic heterocycles. The van der Waals surface area contributed by atoms with Gasteiger partial charge in [0.05, 0.1) is 11.6 Å². The summed E-state index contributed by atoms with van der Waals surface area (Å²) >= 11 is 0. The second-order valence-electron chi connectivity index (χ2n) is 16.3. The first kappa shape index (κ1) is 32.9. The summed E-state index contributed by atoms with van der Waals surface area (Å²) in [5.41, 5.74) is 21.6. The smallest absolute Gasteiger partial charge is 0.0991 e. The number of fused-ring (bicyclic) bond motifs is 8. The summed E-state index contributed by atoms with van der Waals surface area (Å²) < 4.78 is 0. The Kier molecular flexibility index (Phi) is 7.02. The lowest BCUT2D eigenvalue weighted by Crippen LogP contribution is -2.39. The molecule has 0 aliphatic heterocycles. The van der Waals surface area contributed by atoms with Gasteiger partial charge in [0.1, 0.15) is 0 Å². The van der Waals surface area contributed by atoms with Crippen LogP contribution in [0.5, 0.6) is 0 Å². The van der Waals surface area contributed by atoms with Gasteiger partial charge in [0.2, 0.25) is 0 Å². The van der Waals surface area contributed by atoms with Crippen LogP contribution in [0, 0.1) is 25.2 Å². The lowest BCUT2D eigenvalue weighted by molar-refractivity contribution is 0.793. The third kappa shape index (κ3) is 4.52. The lowest BCUT2D eigenvalue weighted by atomic mass is 9.69. The van der Waals surface area contributed by atoms with Crippen LogP contribution in [-0.2, 0) is 0 Å². The molecule has 0 spiro atoms. The number of rotatable bonds is 4. The van der Waals surface area contributed by atoms with Crippen LogP contribution in [0.1, 0.15) is 50.8 Å². The first-order valence-corrected chi connectivity index (χ1v) is 20.3. The molecule has 0 saturated heterocycles. The molecule has 3 aliphatic rings. The molecular formula is C57H37N. The zero-order chi connectivity index (χ0) is 38.6. The molecule has 12 rings (SSSR count). The normalized spacial score (nSPS) is 15.7. The summed E-state index contributed by atoms with van der Waals surface area (Å²) in [6.07, 6.45) is 0. The van der Waals surface area contributed by atoms with Gasteiger partial charge in [-0.05, 0) is 153 Å². The largest absolute Gasteiger partial charge is 0.192 e. The second-order valence-corrected chi connectivity index (χ2v) is 16.3. The molecule has 0 radical (unpaired) electrons. The molecule has 58 heavy (non-hydrogen) atoms. The summed E-state index contributed by atoms with van der Waals surface area (Å²) in [5, 5.41) is 17.5. The Labute approximate surface area is 338 Å². The number of hydrogen-bond acceptors (Lipinski definition) is 1. The van der Waals surface area contributed by atoms with Crippen molar-refractivity contribution in [1.29, 1.82) is 5.26 Å². The lowest BCUT2D eigenvalue weighted by Gasteiger charge is -2.32. The molecule has 9 aromatic rings. The maximum Gasteiger partial charge on any atom is 0.0991 e. The van der Waals surface area contributed by atoms with Crippen LogP contribution in [0.4, 0.5) is 0 Å². The van der Waals surface area contributed by atoms with Crippen molar-refractivity contribution in [2.24, 2.45) is 0 Å². The highest BCUT2D eigenvalue weighted by molar-refractivity contribution is 6.17. The van der Waals surface area contributed by atoms with Crippen molar-refractivity contribution < 1.29 is 0 Å². The topological polar surface area (TPSA) is 23.8 Å². The van der Waals surface area contributed by atoms with E-state index in [-0.39, 0.29) is 11.8 Å². The maximum absolute atomic E-state index is 9.38. The number of hydrogen-bond donors (Lipinski definition) is 0. The summed E-state index contributed by atoms with van der Waals surface area (Å²) in [6, 6.07) is 67.6. The average molecular weight is 736 g/mol. The first-order chi connectivity index (χ1) is 28.6. The van der Waals surface area contributed by atoms with Gasteiger partial charge in [0, 0.05) is 11.8 Å². The number of nitrogens with zero attached hydrogens (tertiary/aromatic N) is 1. The Morgan fingerprint density at radius 1 is 0.414 bits per heavy atom. The van der Waals surface area contributed by atoms with E-state index in [1.807, 2.05) is 12.1 Å². The van der Waals surface area contributed by atoms with E-state index in [4.69, 9.17) is 0 Å². The Balaban J connectivity index is 1.18. The van der Waals surface area contributed by atoms with Crippen molar-refractivity contribution in [3.05, 3.63) is 225 Å². The van der Waals surface area contributed by atoms with E-state index in [2.05, 4.69) is 184 Å². The van der Waals surface area contributed by atoms with Gasteiger partial charge in [-0.25, -0.2) is 0 Å². The fourth-order valence-corrected chi connectivity index (χ4v) is 11.1. The van der Waals surface area contributed by atoms with Gasteiger partial charge in [-0.1, -0.05) is 158 Å². The van der Waals surface area contributed by atoms with Crippen LogP contribution in [0.25, 0.3) is 77.2 Å². The minimum atomic E-state index is 0.126. The van der Waals surface area contributed by atoms with Crippen LogP contribution in [0.2, 0.25) is 0 Å². The molecule has 3 aliphatic carbocycles. The van der Waals surface area contributed by atoms with Crippen LogP contribution in [-0.4, -0.2) is 0 Å². The fraction of sp³-hybridized carbons (Fsp3) is 0.0702. The summed E-state index contributed by atoms with van der Waals surface area (Å²) in [7, 11) is 0. The third-order valence-electron chi connectivity index (χ3n) is 13.3. The Morgan fingerprint density at radius 3 is 1.71 bits per heavy atom. The predicted molar refractivity (Wildman–Crippen MR) is 240 cm³/mol. The van der Waals surface area contributed by atoms with E-state index in [1.165, 1.54) is 115 Å². The molecule has 0 amide bonds. The standard InChI is InChI=1S/C57H37N/c1-33-29-39(36-25-23-35(32-58)24-26-36)30-34(2)50(33)44-27-28-47-53-43(44)20-12-22-46(53)56-51(37-13-5-3-6-14-37)49-31-48-41-18-10-9-17-40(41)42-19-11-21-45(54(42)48)55(49)52(57(47)56)38-15-7-4-8-16-38/h3-31,56-57H,1-2H3. The molecule has 0 heterocycles. The van der Waals surface area contributed by atoms with Gasteiger partial charge in [-0.15, -0.1) is 0 Å². The highest BCUT2D eigenvalue weighted by atomic mass is 14.5. The first-order valence-electron chi connectivity index (χ1n) is 20.3. The van der Waals surface area contributed by atoms with Crippen molar-refractivity contribution in [3.8, 4) is 50.6 Å². The van der Waals surface area contributed by atoms with E-state index in [0.717, 1.165) is 5.56 Å². The highest BCUT2D eigenvalue weighted by Gasteiger charge is 2.43. The molecule has 0 N–H and O–H groups in total. The molecule has 0 bridgehead atoms. The molecule has 0 saturated carbocycles. The predicted octanol–water partition coefficient (Wildman–Crippen LogP) is 12.8. The van der Waals surface area contributed by atoms with Gasteiger partial charge in [-0.3, -0.25) is 0 Å². The quantitative estimate of drug-likeness (QED) is 0.177. The molecule has 9 aromatic carbocycles. The van der Waals surface area contributed by atoms with Gasteiger partial charge >= 0.3 is 0 Å². The molecule has 2 unspecified atom stereocenters. The minimum absolute atomic E-state index is 0.126. The molecule has 1 nitrogen and oxygen atoms in total. The van der Waals surface area contributed by atoms with Crippen LogP contribution in [0.3, 0.4) is 0 Å². The second kappa shape index (κ2) is 12.4. The maximum atomic E-state index is 9.38. The SMILES string of the molecule is Cc1cc(-c2ccc(C#N)cc2)cc(C)c1-c1ccc2c3c(cccc13)C1C(c3ccccc3)=c3cc4c5c(cccc5c3=C(c3ccccc3)C21)-c1ccccc1-4. The Hall–Kier alpha value is -7.27. The van der Waals surface area contributed by atoms with E-state index in [9.17, 15) is 5.26 Å². The summed E-state index contributed by atoms with van der Waals surface area (Å²) in [4.78, 5) is 0. The molecule has 270 valence electrons. The van der Waals surface area contributed by atoms with E-state index in [1.54, 1.807) is 0 Å². The fourth-order valence-electron chi connectivity index (χ4n) is 11.1. The molecule has 0 fully saturated rings. The van der Waals surface area contributed by atoms with E-state index in [0.29, 0.717) is 5.56 Å². The minimum Gasteiger partial charge on any atom is -0.192 e. The zero-order valence-electron chi connectivity index (χ0n) is 32.3. The van der Waals surface area contributed by atoms with Crippen molar-refractivity contribution in [1.82, 2.24) is 0 Å². The summed E-state index contributed by atoms with van der Waals surface area (Å²) in [6.45, 7) is 4.49. The molecule has 1 heteroatoms. The highest BCUT2D eigenvalue weighted by Crippen LogP contribution is 2.59. The van der Waals surface area contributed by atoms with Crippen molar-refractivity contribution >= 4 is 32.7 Å². The van der Waals surface area contributed by atoms with Gasteiger partial charge < -0.3 is 0 Å². The van der Waals surface area contributed by atoms with E-state index >= 15 is 0 Å². The Morgan fingerprint density at radius 2 is 1.00 bits per heavy atom. The Bertz CT molecular complexity index is 3380. The monoisotopic (exact) mass is 735 g/mol. The van der Waals surface area contributed by atoms with Gasteiger partial charge in [-0.2, -0.15) is 5.26 Å². The number of aryl methyl sites for hydroxylation is 2. The third-order valence-corrected chi connectivity index (χ3v) is 13.3.